The number of thioether (sulfide) groups is 1. The summed E-state index contributed by atoms with van der Waals surface area (Å²) in [6.45, 7) is -2.98. The number of benzene rings is 2. The molecule has 0 aliphatic heterocycles. The zero-order valence-electron chi connectivity index (χ0n) is 12.5. The first-order valence-corrected chi connectivity index (χ1v) is 7.80. The molecule has 0 spiro atoms. The van der Waals surface area contributed by atoms with Crippen molar-refractivity contribution in [2.24, 2.45) is 0 Å². The number of hydrogen-bond donors (Lipinski definition) is 1. The molecule has 0 radical (unpaired) electrons. The molecule has 2 aromatic carbocycles. The maximum atomic E-state index is 13.0. The normalized spacial score (nSPS) is 10.6. The van der Waals surface area contributed by atoms with Gasteiger partial charge in [0.15, 0.2) is 11.6 Å². The van der Waals surface area contributed by atoms with Crippen molar-refractivity contribution in [1.29, 1.82) is 0 Å². The molecule has 25 heavy (non-hydrogen) atoms. The van der Waals surface area contributed by atoms with Crippen molar-refractivity contribution in [3.8, 4) is 5.75 Å². The van der Waals surface area contributed by atoms with Crippen molar-refractivity contribution in [3.05, 3.63) is 59.7 Å². The van der Waals surface area contributed by atoms with Crippen LogP contribution >= 0.6 is 11.8 Å². The minimum Gasteiger partial charge on any atom is -0.435 e. The van der Waals surface area contributed by atoms with E-state index in [2.05, 4.69) is 10.1 Å². The minimum absolute atomic E-state index is 0.0767. The second-order valence-electron chi connectivity index (χ2n) is 4.64. The van der Waals surface area contributed by atoms with Crippen molar-refractivity contribution in [1.82, 2.24) is 5.32 Å². The number of alkyl halides is 2. The van der Waals surface area contributed by atoms with Gasteiger partial charge in [-0.25, -0.2) is 8.78 Å². The summed E-state index contributed by atoms with van der Waals surface area (Å²) in [6, 6.07) is 7.97. The Labute approximate surface area is 144 Å². The summed E-state index contributed by atoms with van der Waals surface area (Å²) in [5.41, 5.74) is 0.0767. The van der Waals surface area contributed by atoms with Gasteiger partial charge in [-0.05, 0) is 42.5 Å². The lowest BCUT2D eigenvalue weighted by molar-refractivity contribution is -0.117. The Morgan fingerprint density at radius 3 is 2.32 bits per heavy atom. The number of amides is 2. The highest BCUT2D eigenvalue weighted by Gasteiger charge is 2.12. The Morgan fingerprint density at radius 2 is 1.72 bits per heavy atom. The summed E-state index contributed by atoms with van der Waals surface area (Å²) < 4.78 is 54.0. The molecule has 0 aliphatic carbocycles. The number of carbonyl (C=O) groups is 2. The first-order valence-electron chi connectivity index (χ1n) is 6.82. The van der Waals surface area contributed by atoms with Crippen molar-refractivity contribution < 1.29 is 31.9 Å². The molecule has 0 saturated heterocycles. The zero-order valence-corrected chi connectivity index (χ0v) is 13.3. The first kappa shape index (κ1) is 18.8. The zero-order chi connectivity index (χ0) is 18.4. The van der Waals surface area contributed by atoms with E-state index in [1.54, 1.807) is 0 Å². The number of imide groups is 1. The molecule has 0 aliphatic rings. The van der Waals surface area contributed by atoms with Crippen LogP contribution in [0.3, 0.4) is 0 Å². The van der Waals surface area contributed by atoms with Gasteiger partial charge in [-0.1, -0.05) is 0 Å². The van der Waals surface area contributed by atoms with Crippen LogP contribution in [-0.2, 0) is 4.79 Å². The summed E-state index contributed by atoms with van der Waals surface area (Å²) in [5, 5.41) is 2.10. The van der Waals surface area contributed by atoms with E-state index in [9.17, 15) is 27.2 Å². The van der Waals surface area contributed by atoms with Crippen LogP contribution in [0.1, 0.15) is 10.4 Å². The van der Waals surface area contributed by atoms with Gasteiger partial charge in [0.25, 0.3) is 5.91 Å². The molecule has 0 unspecified atom stereocenters. The SMILES string of the molecule is O=C(CSc1ccc(F)c(F)c1)NC(=O)c1ccc(OC(F)F)cc1. The van der Waals surface area contributed by atoms with Crippen molar-refractivity contribution >= 4 is 23.6 Å². The molecule has 0 aromatic heterocycles. The third kappa shape index (κ3) is 5.79. The molecule has 4 nitrogen and oxygen atoms in total. The number of nitrogens with one attached hydrogen (secondary N) is 1. The average Bonchev–Trinajstić information content (AvgIpc) is 2.56. The quantitative estimate of drug-likeness (QED) is 0.621. The van der Waals surface area contributed by atoms with E-state index >= 15 is 0 Å². The molecule has 9 heteroatoms. The van der Waals surface area contributed by atoms with E-state index in [4.69, 9.17) is 0 Å². The van der Waals surface area contributed by atoms with Gasteiger partial charge in [0.1, 0.15) is 5.75 Å². The standard InChI is InChI=1S/C16H11F4NO3S/c17-12-6-5-11(7-13(12)18)25-8-14(22)21-15(23)9-1-3-10(4-2-9)24-16(19)20/h1-7,16H,8H2,(H,21,22,23). The van der Waals surface area contributed by atoms with Crippen LogP contribution < -0.4 is 10.1 Å². The van der Waals surface area contributed by atoms with Crippen molar-refractivity contribution in [3.63, 3.8) is 0 Å². The van der Waals surface area contributed by atoms with E-state index in [0.717, 1.165) is 23.9 Å². The summed E-state index contributed by atoms with van der Waals surface area (Å²) in [6.07, 6.45) is 0. The lowest BCUT2D eigenvalue weighted by Gasteiger charge is -2.07. The maximum absolute atomic E-state index is 13.0. The predicted molar refractivity (Wildman–Crippen MR) is 82.6 cm³/mol. The van der Waals surface area contributed by atoms with Crippen LogP contribution in [-0.4, -0.2) is 24.2 Å². The molecular weight excluding hydrogens is 362 g/mol. The van der Waals surface area contributed by atoms with Crippen LogP contribution in [0.4, 0.5) is 17.6 Å². The largest absolute Gasteiger partial charge is 0.435 e. The van der Waals surface area contributed by atoms with E-state index in [1.165, 1.54) is 30.3 Å². The van der Waals surface area contributed by atoms with Gasteiger partial charge in [-0.15, -0.1) is 11.8 Å². The number of halogens is 4. The number of ether oxygens (including phenoxy) is 1. The monoisotopic (exact) mass is 373 g/mol. The van der Waals surface area contributed by atoms with Crippen LogP contribution in [0.15, 0.2) is 47.4 Å². The number of carbonyl (C=O) groups excluding carboxylic acids is 2. The Balaban J connectivity index is 1.87. The van der Waals surface area contributed by atoms with Gasteiger partial charge >= 0.3 is 6.61 Å². The van der Waals surface area contributed by atoms with Gasteiger partial charge < -0.3 is 4.74 Å². The molecule has 0 atom stereocenters. The molecule has 2 aromatic rings. The maximum Gasteiger partial charge on any atom is 0.387 e. The van der Waals surface area contributed by atoms with Crippen LogP contribution in [0, 0.1) is 11.6 Å². The second-order valence-corrected chi connectivity index (χ2v) is 5.69. The predicted octanol–water partition coefficient (Wildman–Crippen LogP) is 3.61. The number of hydrogen-bond acceptors (Lipinski definition) is 4. The highest BCUT2D eigenvalue weighted by molar-refractivity contribution is 8.00. The third-order valence-electron chi connectivity index (χ3n) is 2.86. The van der Waals surface area contributed by atoms with Crippen LogP contribution in [0.25, 0.3) is 0 Å². The first-order chi connectivity index (χ1) is 11.8. The van der Waals surface area contributed by atoms with E-state index in [0.29, 0.717) is 4.90 Å². The molecule has 0 bridgehead atoms. The minimum atomic E-state index is -2.98. The Bertz CT molecular complexity index is 768. The fourth-order valence-electron chi connectivity index (χ4n) is 1.74. The summed E-state index contributed by atoms with van der Waals surface area (Å²) in [4.78, 5) is 23.9. The van der Waals surface area contributed by atoms with Gasteiger partial charge in [-0.2, -0.15) is 8.78 Å². The average molecular weight is 373 g/mol. The molecule has 0 fully saturated rings. The highest BCUT2D eigenvalue weighted by Crippen LogP contribution is 2.20. The molecule has 0 saturated carbocycles. The smallest absolute Gasteiger partial charge is 0.387 e. The van der Waals surface area contributed by atoms with Crippen LogP contribution in [0.5, 0.6) is 5.75 Å². The van der Waals surface area contributed by atoms with E-state index < -0.39 is 30.1 Å². The summed E-state index contributed by atoms with van der Waals surface area (Å²) >= 11 is 0.924. The Hall–Kier alpha value is -2.55. The van der Waals surface area contributed by atoms with Gasteiger partial charge in [0.2, 0.25) is 5.91 Å². The molecule has 0 heterocycles. The van der Waals surface area contributed by atoms with Crippen molar-refractivity contribution in [2.75, 3.05) is 5.75 Å². The highest BCUT2D eigenvalue weighted by atomic mass is 32.2. The fraction of sp³-hybridized carbons (Fsp3) is 0.125. The lowest BCUT2D eigenvalue weighted by atomic mass is 10.2. The van der Waals surface area contributed by atoms with E-state index in [1.807, 2.05) is 0 Å². The molecule has 2 amide bonds. The Kier molecular flexibility index (Phi) is 6.40. The second kappa shape index (κ2) is 8.52. The fourth-order valence-corrected chi connectivity index (χ4v) is 2.46. The third-order valence-corrected chi connectivity index (χ3v) is 3.85. The Morgan fingerprint density at radius 1 is 1.04 bits per heavy atom. The van der Waals surface area contributed by atoms with E-state index in [-0.39, 0.29) is 17.1 Å². The van der Waals surface area contributed by atoms with Gasteiger partial charge in [-0.3, -0.25) is 14.9 Å². The van der Waals surface area contributed by atoms with Gasteiger partial charge in [0.05, 0.1) is 5.75 Å². The lowest BCUT2D eigenvalue weighted by Crippen LogP contribution is -2.31. The van der Waals surface area contributed by atoms with Gasteiger partial charge in [0, 0.05) is 10.5 Å². The molecule has 1 N–H and O–H groups in total. The van der Waals surface area contributed by atoms with Crippen molar-refractivity contribution in [2.45, 2.75) is 11.5 Å². The molecular formula is C16H11F4NO3S. The summed E-state index contributed by atoms with van der Waals surface area (Å²) in [7, 11) is 0. The molecule has 2 rings (SSSR count). The summed E-state index contributed by atoms with van der Waals surface area (Å²) in [5.74, 6) is -3.71. The molecule has 132 valence electrons. The topological polar surface area (TPSA) is 55.4 Å². The van der Waals surface area contributed by atoms with Crippen LogP contribution in [0.2, 0.25) is 0 Å². The number of rotatable bonds is 6.